The Balaban J connectivity index is 2.00. The maximum atomic E-state index is 12.2. The van der Waals surface area contributed by atoms with Crippen molar-refractivity contribution in [3.63, 3.8) is 0 Å². The third kappa shape index (κ3) is 4.70. The van der Waals surface area contributed by atoms with E-state index in [0.717, 1.165) is 10.0 Å². The Kier molecular flexibility index (Phi) is 5.72. The van der Waals surface area contributed by atoms with E-state index >= 15 is 0 Å². The number of hydrogen-bond donors (Lipinski definition) is 2. The molecule has 2 amide bonds. The lowest BCUT2D eigenvalue weighted by Gasteiger charge is -2.08. The minimum absolute atomic E-state index is 0.0771. The molecule has 2 rings (SSSR count). The van der Waals surface area contributed by atoms with E-state index in [1.165, 1.54) is 0 Å². The third-order valence-corrected chi connectivity index (χ3v) is 3.56. The fraction of sp³-hybridized carbons (Fsp3) is 0.176. The Morgan fingerprint density at radius 1 is 1.09 bits per heavy atom. The van der Waals surface area contributed by atoms with Crippen molar-refractivity contribution in [2.24, 2.45) is 0 Å². The first-order valence-corrected chi connectivity index (χ1v) is 7.80. The van der Waals surface area contributed by atoms with Crippen molar-refractivity contribution in [3.05, 3.63) is 64.1 Å². The molecule has 0 heterocycles. The van der Waals surface area contributed by atoms with Gasteiger partial charge in [0.2, 0.25) is 5.91 Å². The predicted molar refractivity (Wildman–Crippen MR) is 90.7 cm³/mol. The number of halogens is 1. The third-order valence-electron chi connectivity index (χ3n) is 3.07. The van der Waals surface area contributed by atoms with Crippen molar-refractivity contribution in [2.45, 2.75) is 19.9 Å². The van der Waals surface area contributed by atoms with Gasteiger partial charge in [0, 0.05) is 28.7 Å². The quantitative estimate of drug-likeness (QED) is 0.853. The minimum Gasteiger partial charge on any atom is -0.348 e. The van der Waals surface area contributed by atoms with Crippen molar-refractivity contribution in [3.8, 4) is 0 Å². The monoisotopic (exact) mass is 360 g/mol. The summed E-state index contributed by atoms with van der Waals surface area (Å²) in [4.78, 5) is 23.6. The molecule has 2 aromatic carbocycles. The van der Waals surface area contributed by atoms with Crippen molar-refractivity contribution in [1.29, 1.82) is 0 Å². The molecular formula is C17H17BrN2O2. The first-order valence-electron chi connectivity index (χ1n) is 7.01. The van der Waals surface area contributed by atoms with E-state index < -0.39 is 0 Å². The summed E-state index contributed by atoms with van der Waals surface area (Å²) >= 11 is 3.40. The van der Waals surface area contributed by atoms with Gasteiger partial charge in [-0.05, 0) is 35.9 Å². The second kappa shape index (κ2) is 7.75. The molecule has 2 aromatic rings. The standard InChI is InChI=1S/C17H17BrN2O2/c1-2-16(21)20-15-8-4-6-13(10-15)17(22)19-11-12-5-3-7-14(18)9-12/h3-10H,2,11H2,1H3,(H,19,22)(H,20,21). The normalized spacial score (nSPS) is 10.1. The molecule has 4 nitrogen and oxygen atoms in total. The number of hydrogen-bond acceptors (Lipinski definition) is 2. The fourth-order valence-corrected chi connectivity index (χ4v) is 2.37. The van der Waals surface area contributed by atoms with E-state index in [9.17, 15) is 9.59 Å². The summed E-state index contributed by atoms with van der Waals surface area (Å²) < 4.78 is 0.975. The van der Waals surface area contributed by atoms with Gasteiger partial charge in [0.05, 0.1) is 0 Å². The Bertz CT molecular complexity index is 686. The van der Waals surface area contributed by atoms with Crippen LogP contribution in [0.3, 0.4) is 0 Å². The van der Waals surface area contributed by atoms with Gasteiger partial charge in [-0.25, -0.2) is 0 Å². The van der Waals surface area contributed by atoms with Gasteiger partial charge in [0.25, 0.3) is 5.91 Å². The first-order chi connectivity index (χ1) is 10.6. The number of amides is 2. The Hall–Kier alpha value is -2.14. The molecule has 0 bridgehead atoms. The molecule has 0 unspecified atom stereocenters. The van der Waals surface area contributed by atoms with Crippen molar-refractivity contribution < 1.29 is 9.59 Å². The number of rotatable bonds is 5. The molecule has 0 aliphatic rings. The molecule has 0 saturated heterocycles. The van der Waals surface area contributed by atoms with Crippen LogP contribution in [0.2, 0.25) is 0 Å². The van der Waals surface area contributed by atoms with E-state index in [2.05, 4.69) is 26.6 Å². The van der Waals surface area contributed by atoms with Crippen molar-refractivity contribution in [2.75, 3.05) is 5.32 Å². The average Bonchev–Trinajstić information content (AvgIpc) is 2.53. The fourth-order valence-electron chi connectivity index (χ4n) is 1.92. The molecule has 0 aromatic heterocycles. The molecule has 114 valence electrons. The zero-order chi connectivity index (χ0) is 15.9. The number of anilines is 1. The van der Waals surface area contributed by atoms with E-state index in [4.69, 9.17) is 0 Å². The van der Waals surface area contributed by atoms with Crippen LogP contribution in [0.15, 0.2) is 53.0 Å². The predicted octanol–water partition coefficient (Wildman–Crippen LogP) is 3.73. The van der Waals surface area contributed by atoms with Crippen LogP contribution >= 0.6 is 15.9 Å². The molecule has 22 heavy (non-hydrogen) atoms. The molecule has 0 spiro atoms. The van der Waals surface area contributed by atoms with Crippen LogP contribution in [0.4, 0.5) is 5.69 Å². The first kappa shape index (κ1) is 16.2. The van der Waals surface area contributed by atoms with E-state index in [-0.39, 0.29) is 11.8 Å². The summed E-state index contributed by atoms with van der Waals surface area (Å²) in [7, 11) is 0. The Morgan fingerprint density at radius 3 is 2.59 bits per heavy atom. The maximum Gasteiger partial charge on any atom is 0.251 e. The van der Waals surface area contributed by atoms with Gasteiger partial charge < -0.3 is 10.6 Å². The largest absolute Gasteiger partial charge is 0.348 e. The smallest absolute Gasteiger partial charge is 0.251 e. The lowest BCUT2D eigenvalue weighted by atomic mass is 10.1. The summed E-state index contributed by atoms with van der Waals surface area (Å²) in [6.07, 6.45) is 0.402. The van der Waals surface area contributed by atoms with Gasteiger partial charge in [0.15, 0.2) is 0 Å². The van der Waals surface area contributed by atoms with Crippen molar-refractivity contribution in [1.82, 2.24) is 5.32 Å². The second-order valence-corrected chi connectivity index (χ2v) is 5.71. The van der Waals surface area contributed by atoms with E-state index in [1.807, 2.05) is 24.3 Å². The van der Waals surface area contributed by atoms with Gasteiger partial charge in [-0.1, -0.05) is 41.1 Å². The van der Waals surface area contributed by atoms with Crippen LogP contribution < -0.4 is 10.6 Å². The number of benzene rings is 2. The number of carbonyl (C=O) groups is 2. The Labute approximate surface area is 138 Å². The van der Waals surface area contributed by atoms with Crippen LogP contribution in [0.1, 0.15) is 29.3 Å². The van der Waals surface area contributed by atoms with Crippen LogP contribution in [-0.4, -0.2) is 11.8 Å². The van der Waals surface area contributed by atoms with Gasteiger partial charge in [-0.3, -0.25) is 9.59 Å². The van der Waals surface area contributed by atoms with Crippen LogP contribution in [-0.2, 0) is 11.3 Å². The number of carbonyl (C=O) groups excluding carboxylic acids is 2. The van der Waals surface area contributed by atoms with Crippen LogP contribution in [0.25, 0.3) is 0 Å². The topological polar surface area (TPSA) is 58.2 Å². The van der Waals surface area contributed by atoms with Gasteiger partial charge in [-0.2, -0.15) is 0 Å². The van der Waals surface area contributed by atoms with E-state index in [1.54, 1.807) is 31.2 Å². The molecule has 5 heteroatoms. The summed E-state index contributed by atoms with van der Waals surface area (Å²) in [5.41, 5.74) is 2.16. The van der Waals surface area contributed by atoms with Crippen LogP contribution in [0.5, 0.6) is 0 Å². The minimum atomic E-state index is -0.174. The van der Waals surface area contributed by atoms with Crippen molar-refractivity contribution >= 4 is 33.4 Å². The molecule has 2 N–H and O–H groups in total. The lowest BCUT2D eigenvalue weighted by molar-refractivity contribution is -0.115. The van der Waals surface area contributed by atoms with Gasteiger partial charge >= 0.3 is 0 Å². The summed E-state index contributed by atoms with van der Waals surface area (Å²) in [6, 6.07) is 14.7. The highest BCUT2D eigenvalue weighted by atomic mass is 79.9. The molecule has 0 atom stereocenters. The molecule has 0 radical (unpaired) electrons. The van der Waals surface area contributed by atoms with Gasteiger partial charge in [-0.15, -0.1) is 0 Å². The summed E-state index contributed by atoms with van der Waals surface area (Å²) in [5, 5.41) is 5.61. The molecule has 0 saturated carbocycles. The Morgan fingerprint density at radius 2 is 1.86 bits per heavy atom. The maximum absolute atomic E-state index is 12.2. The van der Waals surface area contributed by atoms with Gasteiger partial charge in [0.1, 0.15) is 0 Å². The van der Waals surface area contributed by atoms with E-state index in [0.29, 0.717) is 24.2 Å². The summed E-state index contributed by atoms with van der Waals surface area (Å²) in [6.45, 7) is 2.23. The average molecular weight is 361 g/mol. The highest BCUT2D eigenvalue weighted by molar-refractivity contribution is 9.10. The SMILES string of the molecule is CCC(=O)Nc1cccc(C(=O)NCc2cccc(Br)c2)c1. The molecular weight excluding hydrogens is 344 g/mol. The lowest BCUT2D eigenvalue weighted by Crippen LogP contribution is -2.23. The number of nitrogens with one attached hydrogen (secondary N) is 2. The molecule has 0 fully saturated rings. The summed E-state index contributed by atoms with van der Waals surface area (Å²) in [5.74, 6) is -0.251. The second-order valence-electron chi connectivity index (χ2n) is 4.80. The highest BCUT2D eigenvalue weighted by Crippen LogP contribution is 2.13. The molecule has 0 aliphatic heterocycles. The zero-order valence-electron chi connectivity index (χ0n) is 12.2. The zero-order valence-corrected chi connectivity index (χ0v) is 13.8. The van der Waals surface area contributed by atoms with Crippen LogP contribution in [0, 0.1) is 0 Å². The highest BCUT2D eigenvalue weighted by Gasteiger charge is 2.07. The molecule has 0 aliphatic carbocycles.